The summed E-state index contributed by atoms with van der Waals surface area (Å²) in [4.78, 5) is 20.4. The number of rotatable bonds is 11. The molecule has 0 heterocycles. The summed E-state index contributed by atoms with van der Waals surface area (Å²) in [5.41, 5.74) is 0.662. The standard InChI is InChI=1S/C8H16.2C7H6O2.C7H16O2/c1-3-5-7-8-6-4-2;2*8-7(9)6-4-2-1-3-5-6;1-3-4-7(9)5-6(2)8/h3H,1,4-8H2,2H3;2*1-5H,(H,8,9);6-9H,3-5H2,1-2H3. The lowest BCUT2D eigenvalue weighted by molar-refractivity contribution is 0.0686. The minimum atomic E-state index is -0.879. The van der Waals surface area contributed by atoms with Crippen molar-refractivity contribution in [3.63, 3.8) is 0 Å². The molecule has 0 bridgehead atoms. The van der Waals surface area contributed by atoms with Crippen molar-refractivity contribution in [2.24, 2.45) is 0 Å². The molecular formula is C29H44O6. The molecule has 2 rings (SSSR count). The van der Waals surface area contributed by atoms with Crippen LogP contribution in [-0.4, -0.2) is 44.6 Å². The number of benzene rings is 2. The molecule has 6 heteroatoms. The van der Waals surface area contributed by atoms with Gasteiger partial charge in [-0.05, 0) is 56.9 Å². The third-order valence-electron chi connectivity index (χ3n) is 4.54. The Bertz CT molecular complexity index is 710. The molecule has 2 unspecified atom stereocenters. The number of aliphatic hydroxyl groups is 2. The van der Waals surface area contributed by atoms with Crippen molar-refractivity contribution in [1.82, 2.24) is 0 Å². The van der Waals surface area contributed by atoms with Crippen molar-refractivity contribution in [2.75, 3.05) is 0 Å². The van der Waals surface area contributed by atoms with E-state index in [0.717, 1.165) is 12.8 Å². The minimum Gasteiger partial charge on any atom is -0.478 e. The first-order chi connectivity index (χ1) is 16.7. The van der Waals surface area contributed by atoms with Crippen LogP contribution in [0.5, 0.6) is 0 Å². The van der Waals surface area contributed by atoms with E-state index in [9.17, 15) is 9.59 Å². The molecule has 0 aromatic heterocycles. The molecule has 0 radical (unpaired) electrons. The Hall–Kier alpha value is -2.96. The number of carbonyl (C=O) groups is 2. The number of carboxylic acid groups (broad SMARTS) is 2. The first-order valence-electron chi connectivity index (χ1n) is 12.2. The van der Waals surface area contributed by atoms with Gasteiger partial charge in [-0.3, -0.25) is 0 Å². The van der Waals surface area contributed by atoms with E-state index >= 15 is 0 Å². The Balaban J connectivity index is 0. The third-order valence-corrected chi connectivity index (χ3v) is 4.54. The van der Waals surface area contributed by atoms with Gasteiger partial charge < -0.3 is 20.4 Å². The van der Waals surface area contributed by atoms with Crippen LogP contribution in [0.1, 0.15) is 92.9 Å². The summed E-state index contributed by atoms with van der Waals surface area (Å²) < 4.78 is 0. The van der Waals surface area contributed by atoms with Crippen LogP contribution in [0, 0.1) is 0 Å². The number of aliphatic hydroxyl groups excluding tert-OH is 2. The molecule has 0 aliphatic heterocycles. The first kappa shape index (κ1) is 34.2. The fourth-order valence-electron chi connectivity index (χ4n) is 2.72. The molecule has 2 aromatic carbocycles. The second-order valence-corrected chi connectivity index (χ2v) is 8.01. The highest BCUT2D eigenvalue weighted by atomic mass is 16.4. The van der Waals surface area contributed by atoms with Gasteiger partial charge in [0, 0.05) is 0 Å². The van der Waals surface area contributed by atoms with Gasteiger partial charge in [0.1, 0.15) is 0 Å². The predicted octanol–water partition coefficient (Wildman–Crippen LogP) is 6.83. The molecule has 0 spiro atoms. The van der Waals surface area contributed by atoms with Crippen molar-refractivity contribution >= 4 is 11.9 Å². The SMILES string of the molecule is C=CCCCCCC.CCCC(O)CC(C)O.O=C(O)c1ccccc1.O=C(O)c1ccccc1. The monoisotopic (exact) mass is 488 g/mol. The minimum absolute atomic E-state index is 0.310. The van der Waals surface area contributed by atoms with Gasteiger partial charge in [-0.1, -0.05) is 82.0 Å². The number of hydrogen-bond donors (Lipinski definition) is 4. The molecule has 0 aliphatic carbocycles. The highest BCUT2D eigenvalue weighted by Gasteiger charge is 2.05. The molecule has 6 nitrogen and oxygen atoms in total. The molecular weight excluding hydrogens is 444 g/mol. The number of allylic oxidation sites excluding steroid dienone is 1. The van der Waals surface area contributed by atoms with Gasteiger partial charge in [0.15, 0.2) is 0 Å². The first-order valence-corrected chi connectivity index (χ1v) is 12.2. The zero-order valence-corrected chi connectivity index (χ0v) is 21.5. The Morgan fingerprint density at radius 2 is 1.26 bits per heavy atom. The second kappa shape index (κ2) is 24.2. The van der Waals surface area contributed by atoms with Crippen LogP contribution in [0.3, 0.4) is 0 Å². The predicted molar refractivity (Wildman–Crippen MR) is 143 cm³/mol. The van der Waals surface area contributed by atoms with Crippen LogP contribution < -0.4 is 0 Å². The maximum atomic E-state index is 10.2. The van der Waals surface area contributed by atoms with Crippen LogP contribution >= 0.6 is 0 Å². The number of hydrogen-bond acceptors (Lipinski definition) is 4. The molecule has 0 fully saturated rings. The highest BCUT2D eigenvalue weighted by molar-refractivity contribution is 5.87. The van der Waals surface area contributed by atoms with Gasteiger partial charge in [0.2, 0.25) is 0 Å². The summed E-state index contributed by atoms with van der Waals surface area (Å²) in [5.74, 6) is -1.76. The number of aromatic carboxylic acids is 2. The topological polar surface area (TPSA) is 115 Å². The Labute approximate surface area is 211 Å². The molecule has 0 saturated heterocycles. The van der Waals surface area contributed by atoms with Crippen molar-refractivity contribution in [3.8, 4) is 0 Å². The summed E-state index contributed by atoms with van der Waals surface area (Å²) in [7, 11) is 0. The number of carboxylic acids is 2. The van der Waals surface area contributed by atoms with Crippen LogP contribution in [0.4, 0.5) is 0 Å². The Kier molecular flexibility index (Phi) is 23.6. The normalized spacial score (nSPS) is 11.1. The van der Waals surface area contributed by atoms with E-state index in [1.807, 2.05) is 13.0 Å². The van der Waals surface area contributed by atoms with Gasteiger partial charge in [-0.15, -0.1) is 6.58 Å². The molecule has 4 N–H and O–H groups in total. The van der Waals surface area contributed by atoms with E-state index in [1.54, 1.807) is 67.6 Å². The molecule has 0 aliphatic rings. The van der Waals surface area contributed by atoms with Crippen molar-refractivity contribution in [2.45, 2.75) is 84.3 Å². The van der Waals surface area contributed by atoms with E-state index in [0.29, 0.717) is 17.5 Å². The average Bonchev–Trinajstić information content (AvgIpc) is 2.84. The fourth-order valence-corrected chi connectivity index (χ4v) is 2.72. The van der Waals surface area contributed by atoms with E-state index in [-0.39, 0.29) is 12.2 Å². The van der Waals surface area contributed by atoms with Crippen LogP contribution in [-0.2, 0) is 0 Å². The Morgan fingerprint density at radius 3 is 1.54 bits per heavy atom. The quantitative estimate of drug-likeness (QED) is 0.203. The van der Waals surface area contributed by atoms with E-state index in [1.165, 1.54) is 32.1 Å². The van der Waals surface area contributed by atoms with Crippen LogP contribution in [0.15, 0.2) is 73.3 Å². The summed E-state index contributed by atoms with van der Waals surface area (Å²) in [6, 6.07) is 16.6. The lowest BCUT2D eigenvalue weighted by Gasteiger charge is -2.09. The van der Waals surface area contributed by atoms with Gasteiger partial charge in [0.25, 0.3) is 0 Å². The van der Waals surface area contributed by atoms with E-state index < -0.39 is 11.9 Å². The average molecular weight is 489 g/mol. The summed E-state index contributed by atoms with van der Waals surface area (Å²) in [6.45, 7) is 9.60. The molecule has 2 aromatic rings. The lowest BCUT2D eigenvalue weighted by Crippen LogP contribution is -2.13. The molecule has 2 atom stereocenters. The summed E-state index contributed by atoms with van der Waals surface area (Å²) in [5, 5.41) is 34.6. The fraction of sp³-hybridized carbons (Fsp3) is 0.448. The van der Waals surface area contributed by atoms with Crippen molar-refractivity contribution in [3.05, 3.63) is 84.4 Å². The van der Waals surface area contributed by atoms with Crippen molar-refractivity contribution in [1.29, 1.82) is 0 Å². The molecule has 196 valence electrons. The molecule has 0 saturated carbocycles. The lowest BCUT2D eigenvalue weighted by atomic mass is 10.1. The zero-order valence-electron chi connectivity index (χ0n) is 21.5. The number of unbranched alkanes of at least 4 members (excludes halogenated alkanes) is 4. The maximum Gasteiger partial charge on any atom is 0.335 e. The van der Waals surface area contributed by atoms with Gasteiger partial charge >= 0.3 is 11.9 Å². The maximum absolute atomic E-state index is 10.2. The molecule has 0 amide bonds. The Morgan fingerprint density at radius 1 is 0.800 bits per heavy atom. The summed E-state index contributed by atoms with van der Waals surface area (Å²) in [6.07, 6.45) is 10.2. The third kappa shape index (κ3) is 24.0. The zero-order chi connectivity index (χ0) is 26.9. The van der Waals surface area contributed by atoms with Crippen LogP contribution in [0.2, 0.25) is 0 Å². The van der Waals surface area contributed by atoms with E-state index in [2.05, 4.69) is 13.5 Å². The van der Waals surface area contributed by atoms with Gasteiger partial charge in [-0.2, -0.15) is 0 Å². The van der Waals surface area contributed by atoms with Gasteiger partial charge in [0.05, 0.1) is 23.3 Å². The van der Waals surface area contributed by atoms with Crippen LogP contribution in [0.25, 0.3) is 0 Å². The second-order valence-electron chi connectivity index (χ2n) is 8.01. The van der Waals surface area contributed by atoms with Gasteiger partial charge in [-0.25, -0.2) is 9.59 Å². The van der Waals surface area contributed by atoms with Crippen molar-refractivity contribution < 1.29 is 30.0 Å². The molecule has 35 heavy (non-hydrogen) atoms. The largest absolute Gasteiger partial charge is 0.478 e. The highest BCUT2D eigenvalue weighted by Crippen LogP contribution is 2.03. The van der Waals surface area contributed by atoms with E-state index in [4.69, 9.17) is 20.4 Å². The smallest absolute Gasteiger partial charge is 0.335 e. The summed E-state index contributed by atoms with van der Waals surface area (Å²) >= 11 is 0.